The van der Waals surface area contributed by atoms with Crippen LogP contribution in [-0.2, 0) is 19.9 Å². The van der Waals surface area contributed by atoms with E-state index < -0.39 is 6.10 Å². The first-order valence-electron chi connectivity index (χ1n) is 6.02. The molecule has 0 fully saturated rings. The Morgan fingerprint density at radius 1 is 1.37 bits per heavy atom. The van der Waals surface area contributed by atoms with Gasteiger partial charge in [0.25, 0.3) is 0 Å². The predicted molar refractivity (Wildman–Crippen MR) is 75.5 cm³/mol. The number of hydrogen-bond acceptors (Lipinski definition) is 3. The summed E-state index contributed by atoms with van der Waals surface area (Å²) in [6.45, 7) is 2.04. The fourth-order valence-corrected chi connectivity index (χ4v) is 2.41. The molecule has 0 saturated carbocycles. The van der Waals surface area contributed by atoms with Gasteiger partial charge in [-0.3, -0.25) is 9.67 Å². The molecule has 0 aliphatic rings. The smallest absolute Gasteiger partial charge is 0.103 e. The molecule has 2 heterocycles. The molecule has 1 unspecified atom stereocenters. The van der Waals surface area contributed by atoms with Crippen LogP contribution in [0.4, 0.5) is 0 Å². The Morgan fingerprint density at radius 2 is 2.11 bits per heavy atom. The molecule has 0 saturated heterocycles. The minimum absolute atomic E-state index is 0.373. The molecule has 2 aromatic heterocycles. The summed E-state index contributed by atoms with van der Waals surface area (Å²) in [4.78, 5) is 4.09. The van der Waals surface area contributed by atoms with Gasteiger partial charge in [0.2, 0.25) is 0 Å². The van der Waals surface area contributed by atoms with Crippen molar-refractivity contribution in [3.8, 4) is 0 Å². The van der Waals surface area contributed by atoms with Crippen LogP contribution in [0.2, 0.25) is 10.0 Å². The van der Waals surface area contributed by atoms with Crippen LogP contribution in [0.1, 0.15) is 30.1 Å². The lowest BCUT2D eigenvalue weighted by Crippen LogP contribution is -2.08. The van der Waals surface area contributed by atoms with E-state index in [0.29, 0.717) is 22.2 Å². The molecule has 4 nitrogen and oxygen atoms in total. The van der Waals surface area contributed by atoms with Crippen LogP contribution in [0.25, 0.3) is 0 Å². The van der Waals surface area contributed by atoms with Gasteiger partial charge in [0, 0.05) is 25.4 Å². The zero-order valence-corrected chi connectivity index (χ0v) is 12.3. The van der Waals surface area contributed by atoms with Crippen molar-refractivity contribution in [2.24, 2.45) is 7.05 Å². The molecule has 6 heteroatoms. The third-order valence-electron chi connectivity index (χ3n) is 2.94. The van der Waals surface area contributed by atoms with Crippen molar-refractivity contribution in [3.05, 3.63) is 45.5 Å². The second-order valence-electron chi connectivity index (χ2n) is 4.34. The fourth-order valence-electron chi connectivity index (χ4n) is 1.90. The van der Waals surface area contributed by atoms with Gasteiger partial charge in [0.1, 0.15) is 6.10 Å². The molecule has 0 aliphatic carbocycles. The van der Waals surface area contributed by atoms with Crippen molar-refractivity contribution in [2.75, 3.05) is 0 Å². The monoisotopic (exact) mass is 299 g/mol. The molecular formula is C13H15Cl2N3O. The zero-order chi connectivity index (χ0) is 14.0. The van der Waals surface area contributed by atoms with Gasteiger partial charge in [0.15, 0.2) is 0 Å². The van der Waals surface area contributed by atoms with E-state index in [1.165, 1.54) is 6.20 Å². The van der Waals surface area contributed by atoms with E-state index >= 15 is 0 Å². The summed E-state index contributed by atoms with van der Waals surface area (Å²) in [6.07, 6.45) is 1.99. The van der Waals surface area contributed by atoms with Crippen molar-refractivity contribution < 1.29 is 5.11 Å². The maximum absolute atomic E-state index is 10.2. The highest BCUT2D eigenvalue weighted by Gasteiger charge is 2.16. The van der Waals surface area contributed by atoms with Gasteiger partial charge in [-0.05, 0) is 18.6 Å². The highest BCUT2D eigenvalue weighted by atomic mass is 35.5. The van der Waals surface area contributed by atoms with Crippen LogP contribution in [0, 0.1) is 0 Å². The Hall–Kier alpha value is -1.10. The molecule has 19 heavy (non-hydrogen) atoms. The largest absolute Gasteiger partial charge is 0.386 e. The van der Waals surface area contributed by atoms with Crippen LogP contribution in [-0.4, -0.2) is 19.9 Å². The molecule has 2 rings (SSSR count). The zero-order valence-electron chi connectivity index (χ0n) is 10.8. The third-order valence-corrected chi connectivity index (χ3v) is 3.45. The maximum atomic E-state index is 10.2. The molecule has 0 spiro atoms. The first kappa shape index (κ1) is 14.3. The Balaban J connectivity index is 2.20. The van der Waals surface area contributed by atoms with Crippen molar-refractivity contribution in [1.29, 1.82) is 0 Å². The number of aliphatic hydroxyl groups is 1. The molecule has 1 atom stereocenters. The van der Waals surface area contributed by atoms with E-state index in [2.05, 4.69) is 10.1 Å². The average Bonchev–Trinajstić information content (AvgIpc) is 2.70. The van der Waals surface area contributed by atoms with E-state index in [4.69, 9.17) is 23.2 Å². The maximum Gasteiger partial charge on any atom is 0.103 e. The standard InChI is InChI=1S/C13H15Cl2N3O/c1-3-9-5-10(18(2)17-9)6-12(19)13-11(15)4-8(14)7-16-13/h4-5,7,12,19H,3,6H2,1-2H3. The highest BCUT2D eigenvalue weighted by molar-refractivity contribution is 6.34. The summed E-state index contributed by atoms with van der Waals surface area (Å²) in [6, 6.07) is 3.56. The molecule has 102 valence electrons. The molecule has 0 aliphatic heterocycles. The Labute approximate surface area is 122 Å². The Bertz CT molecular complexity index is 583. The van der Waals surface area contributed by atoms with Crippen LogP contribution in [0.5, 0.6) is 0 Å². The third kappa shape index (κ3) is 3.26. The first-order chi connectivity index (χ1) is 9.01. The Kier molecular flexibility index (Phi) is 4.45. The van der Waals surface area contributed by atoms with Crippen LogP contribution in [0.15, 0.2) is 18.3 Å². The lowest BCUT2D eigenvalue weighted by molar-refractivity contribution is 0.171. The Morgan fingerprint density at radius 3 is 2.68 bits per heavy atom. The highest BCUT2D eigenvalue weighted by Crippen LogP contribution is 2.26. The lowest BCUT2D eigenvalue weighted by Gasteiger charge is -2.11. The summed E-state index contributed by atoms with van der Waals surface area (Å²) in [7, 11) is 1.86. The van der Waals surface area contributed by atoms with Gasteiger partial charge < -0.3 is 5.11 Å². The number of pyridine rings is 1. The summed E-state index contributed by atoms with van der Waals surface area (Å²) >= 11 is 11.8. The van der Waals surface area contributed by atoms with E-state index in [9.17, 15) is 5.11 Å². The molecule has 0 amide bonds. The van der Waals surface area contributed by atoms with Crippen molar-refractivity contribution >= 4 is 23.2 Å². The van der Waals surface area contributed by atoms with Crippen molar-refractivity contribution in [3.63, 3.8) is 0 Å². The van der Waals surface area contributed by atoms with Gasteiger partial charge in [-0.2, -0.15) is 5.10 Å². The number of aliphatic hydroxyl groups excluding tert-OH is 1. The van der Waals surface area contributed by atoms with Crippen molar-refractivity contribution in [1.82, 2.24) is 14.8 Å². The second-order valence-corrected chi connectivity index (χ2v) is 5.19. The van der Waals surface area contributed by atoms with Gasteiger partial charge in [-0.15, -0.1) is 0 Å². The number of hydrogen-bond donors (Lipinski definition) is 1. The second kappa shape index (κ2) is 5.90. The van der Waals surface area contributed by atoms with Crippen molar-refractivity contribution in [2.45, 2.75) is 25.9 Å². The summed E-state index contributed by atoms with van der Waals surface area (Å²) in [5.74, 6) is 0. The van der Waals surface area contributed by atoms with Crippen LogP contribution < -0.4 is 0 Å². The molecule has 1 N–H and O–H groups in total. The SMILES string of the molecule is CCc1cc(CC(O)c2ncc(Cl)cc2Cl)n(C)n1. The number of halogens is 2. The van der Waals surface area contributed by atoms with E-state index in [1.807, 2.05) is 20.0 Å². The number of nitrogens with zero attached hydrogens (tertiary/aromatic N) is 3. The molecule has 0 bridgehead atoms. The van der Waals surface area contributed by atoms with Crippen LogP contribution >= 0.6 is 23.2 Å². The number of aromatic nitrogens is 3. The molecular weight excluding hydrogens is 285 g/mol. The van der Waals surface area contributed by atoms with E-state index in [0.717, 1.165) is 17.8 Å². The topological polar surface area (TPSA) is 50.9 Å². The molecule has 0 radical (unpaired) electrons. The minimum atomic E-state index is -0.773. The first-order valence-corrected chi connectivity index (χ1v) is 6.77. The van der Waals surface area contributed by atoms with E-state index in [-0.39, 0.29) is 0 Å². The minimum Gasteiger partial charge on any atom is -0.386 e. The van der Waals surface area contributed by atoms with Gasteiger partial charge in [-0.1, -0.05) is 30.1 Å². The summed E-state index contributed by atoms with van der Waals surface area (Å²) < 4.78 is 1.77. The normalized spacial score (nSPS) is 12.7. The number of aryl methyl sites for hydroxylation is 2. The average molecular weight is 300 g/mol. The summed E-state index contributed by atoms with van der Waals surface area (Å²) in [5.41, 5.74) is 2.38. The van der Waals surface area contributed by atoms with Gasteiger partial charge >= 0.3 is 0 Å². The summed E-state index contributed by atoms with van der Waals surface area (Å²) in [5, 5.41) is 15.4. The fraction of sp³-hybridized carbons (Fsp3) is 0.385. The molecule has 2 aromatic rings. The molecule has 0 aromatic carbocycles. The van der Waals surface area contributed by atoms with E-state index in [1.54, 1.807) is 10.7 Å². The van der Waals surface area contributed by atoms with Crippen LogP contribution in [0.3, 0.4) is 0 Å². The number of rotatable bonds is 4. The quantitative estimate of drug-likeness (QED) is 0.944. The van der Waals surface area contributed by atoms with Gasteiger partial charge in [-0.25, -0.2) is 0 Å². The lowest BCUT2D eigenvalue weighted by atomic mass is 10.1. The predicted octanol–water partition coefficient (Wildman–Crippen LogP) is 2.96. The van der Waals surface area contributed by atoms with Gasteiger partial charge in [0.05, 0.1) is 21.4 Å².